The first-order valence-corrected chi connectivity index (χ1v) is 10.2. The Labute approximate surface area is 169 Å². The molecule has 0 aliphatic rings. The molecule has 5 nitrogen and oxygen atoms in total. The Balaban J connectivity index is 1.78. The molecule has 0 bridgehead atoms. The number of hydrogen-bond acceptors (Lipinski definition) is 6. The number of hydrogen-bond donors (Lipinski definition) is 1. The van der Waals surface area contributed by atoms with Crippen LogP contribution >= 0.6 is 22.7 Å². The van der Waals surface area contributed by atoms with E-state index < -0.39 is 5.97 Å². The number of nitrogens with one attached hydrogen (secondary N) is 1. The molecule has 0 saturated carbocycles. The summed E-state index contributed by atoms with van der Waals surface area (Å²) in [4.78, 5) is 32.3. The summed E-state index contributed by atoms with van der Waals surface area (Å²) >= 11 is 2.86. The SMILES string of the molecule is COC(=O)c1sccc1NC(=O)c1cc(-c2ccc(C)s2)nc2ccccc12. The zero-order valence-electron chi connectivity index (χ0n) is 15.2. The van der Waals surface area contributed by atoms with Crippen LogP contribution < -0.4 is 5.32 Å². The van der Waals surface area contributed by atoms with Gasteiger partial charge in [0, 0.05) is 10.3 Å². The Morgan fingerprint density at radius 3 is 2.68 bits per heavy atom. The second-order valence-electron chi connectivity index (χ2n) is 6.09. The smallest absolute Gasteiger partial charge is 0.350 e. The van der Waals surface area contributed by atoms with Crippen molar-refractivity contribution in [3.05, 3.63) is 69.2 Å². The summed E-state index contributed by atoms with van der Waals surface area (Å²) in [6.07, 6.45) is 0. The van der Waals surface area contributed by atoms with Gasteiger partial charge in [-0.3, -0.25) is 4.79 Å². The summed E-state index contributed by atoms with van der Waals surface area (Å²) in [5.74, 6) is -0.767. The van der Waals surface area contributed by atoms with Gasteiger partial charge >= 0.3 is 5.97 Å². The third-order valence-electron chi connectivity index (χ3n) is 4.24. The Bertz CT molecular complexity index is 1190. The Morgan fingerprint density at radius 2 is 1.93 bits per heavy atom. The van der Waals surface area contributed by atoms with Gasteiger partial charge in [-0.15, -0.1) is 22.7 Å². The van der Waals surface area contributed by atoms with Gasteiger partial charge in [0.2, 0.25) is 0 Å². The van der Waals surface area contributed by atoms with E-state index in [1.54, 1.807) is 28.8 Å². The fraction of sp³-hybridized carbons (Fsp3) is 0.0952. The van der Waals surface area contributed by atoms with Gasteiger partial charge in [0.15, 0.2) is 0 Å². The number of thiophene rings is 2. The maximum absolute atomic E-state index is 13.1. The monoisotopic (exact) mass is 408 g/mol. The highest BCUT2D eigenvalue weighted by Gasteiger charge is 2.19. The number of aryl methyl sites for hydroxylation is 1. The van der Waals surface area contributed by atoms with Gasteiger partial charge < -0.3 is 10.1 Å². The molecule has 0 fully saturated rings. The number of carbonyl (C=O) groups is 2. The quantitative estimate of drug-likeness (QED) is 0.461. The highest BCUT2D eigenvalue weighted by Crippen LogP contribution is 2.31. The zero-order chi connectivity index (χ0) is 19.7. The molecule has 1 amide bonds. The first-order valence-electron chi connectivity index (χ1n) is 8.50. The lowest BCUT2D eigenvalue weighted by Gasteiger charge is -2.10. The largest absolute Gasteiger partial charge is 0.465 e. The normalized spacial score (nSPS) is 10.8. The van der Waals surface area contributed by atoms with E-state index in [9.17, 15) is 9.59 Å². The summed E-state index contributed by atoms with van der Waals surface area (Å²) in [5, 5.41) is 5.34. The molecule has 0 aliphatic heterocycles. The summed E-state index contributed by atoms with van der Waals surface area (Å²) in [5.41, 5.74) is 2.44. The Hall–Kier alpha value is -3.03. The van der Waals surface area contributed by atoms with Gasteiger partial charge in [-0.05, 0) is 42.6 Å². The Kier molecular flexibility index (Phi) is 4.93. The van der Waals surface area contributed by atoms with Gasteiger partial charge in [-0.1, -0.05) is 18.2 Å². The van der Waals surface area contributed by atoms with Crippen molar-refractivity contribution in [3.8, 4) is 10.6 Å². The van der Waals surface area contributed by atoms with Crippen molar-refractivity contribution in [2.24, 2.45) is 0 Å². The predicted octanol–water partition coefficient (Wildman–Crippen LogP) is 5.37. The van der Waals surface area contributed by atoms with Crippen LogP contribution in [0, 0.1) is 6.92 Å². The van der Waals surface area contributed by atoms with Gasteiger partial charge in [0.05, 0.1) is 34.4 Å². The highest BCUT2D eigenvalue weighted by atomic mass is 32.1. The van der Waals surface area contributed by atoms with Crippen LogP contribution in [0.3, 0.4) is 0 Å². The summed E-state index contributed by atoms with van der Waals surface area (Å²) in [6, 6.07) is 15.1. The first kappa shape index (κ1) is 18.3. The molecule has 1 N–H and O–H groups in total. The number of fused-ring (bicyclic) bond motifs is 1. The first-order chi connectivity index (χ1) is 13.6. The van der Waals surface area contributed by atoms with Crippen LogP contribution in [-0.2, 0) is 4.74 Å². The van der Waals surface area contributed by atoms with Crippen LogP contribution in [0.4, 0.5) is 5.69 Å². The number of aromatic nitrogens is 1. The number of benzene rings is 1. The van der Waals surface area contributed by atoms with Gasteiger partial charge in [-0.2, -0.15) is 0 Å². The van der Waals surface area contributed by atoms with Crippen LogP contribution in [0.15, 0.2) is 53.9 Å². The van der Waals surface area contributed by atoms with E-state index in [2.05, 4.69) is 5.32 Å². The van der Waals surface area contributed by atoms with E-state index in [-0.39, 0.29) is 5.91 Å². The van der Waals surface area contributed by atoms with Crippen molar-refractivity contribution >= 4 is 51.1 Å². The molecule has 7 heteroatoms. The summed E-state index contributed by atoms with van der Waals surface area (Å²) in [6.45, 7) is 2.04. The number of pyridine rings is 1. The van der Waals surface area contributed by atoms with Gasteiger partial charge in [-0.25, -0.2) is 9.78 Å². The number of anilines is 1. The highest BCUT2D eigenvalue weighted by molar-refractivity contribution is 7.15. The average Bonchev–Trinajstić information content (AvgIpc) is 3.35. The molecule has 0 atom stereocenters. The second-order valence-corrected chi connectivity index (χ2v) is 8.30. The Morgan fingerprint density at radius 1 is 1.11 bits per heavy atom. The molecule has 0 spiro atoms. The maximum atomic E-state index is 13.1. The molecule has 140 valence electrons. The van der Waals surface area contributed by atoms with E-state index in [1.807, 2.05) is 43.3 Å². The lowest BCUT2D eigenvalue weighted by Crippen LogP contribution is -2.15. The molecule has 4 aromatic rings. The minimum absolute atomic E-state index is 0.295. The van der Waals surface area contributed by atoms with Crippen molar-refractivity contribution in [1.29, 1.82) is 0 Å². The minimum atomic E-state index is -0.473. The van der Waals surface area contributed by atoms with Crippen LogP contribution in [0.1, 0.15) is 24.9 Å². The van der Waals surface area contributed by atoms with Crippen molar-refractivity contribution in [2.75, 3.05) is 12.4 Å². The third-order valence-corrected chi connectivity index (χ3v) is 6.16. The van der Waals surface area contributed by atoms with Gasteiger partial charge in [0.25, 0.3) is 5.91 Å². The summed E-state index contributed by atoms with van der Waals surface area (Å²) < 4.78 is 4.78. The topological polar surface area (TPSA) is 68.3 Å². The number of esters is 1. The third kappa shape index (κ3) is 3.42. The molecule has 1 aromatic carbocycles. The van der Waals surface area contributed by atoms with Crippen molar-refractivity contribution < 1.29 is 14.3 Å². The van der Waals surface area contributed by atoms with E-state index in [1.165, 1.54) is 23.3 Å². The molecule has 28 heavy (non-hydrogen) atoms. The fourth-order valence-electron chi connectivity index (χ4n) is 2.91. The van der Waals surface area contributed by atoms with Crippen LogP contribution in [0.5, 0.6) is 0 Å². The number of carbonyl (C=O) groups excluding carboxylic acids is 2. The zero-order valence-corrected chi connectivity index (χ0v) is 16.8. The molecular formula is C21H16N2O3S2. The number of para-hydroxylation sites is 1. The predicted molar refractivity (Wildman–Crippen MR) is 113 cm³/mol. The van der Waals surface area contributed by atoms with Crippen molar-refractivity contribution in [2.45, 2.75) is 6.92 Å². The minimum Gasteiger partial charge on any atom is -0.465 e. The molecule has 4 rings (SSSR count). The van der Waals surface area contributed by atoms with E-state index in [4.69, 9.17) is 9.72 Å². The van der Waals surface area contributed by atoms with Gasteiger partial charge in [0.1, 0.15) is 4.88 Å². The van der Waals surface area contributed by atoms with Crippen molar-refractivity contribution in [1.82, 2.24) is 4.98 Å². The lowest BCUT2D eigenvalue weighted by molar-refractivity contribution is 0.0607. The molecule has 3 heterocycles. The average molecular weight is 409 g/mol. The number of nitrogens with zero attached hydrogens (tertiary/aromatic N) is 1. The second kappa shape index (κ2) is 7.53. The number of methoxy groups -OCH3 is 1. The summed E-state index contributed by atoms with van der Waals surface area (Å²) in [7, 11) is 1.32. The standard InChI is InChI=1S/C21H16N2O3S2/c1-12-7-8-18(28-12)17-11-14(13-5-3-4-6-15(13)22-17)20(24)23-16-9-10-27-19(16)21(25)26-2/h3-11H,1-2H3,(H,23,24). The van der Waals surface area contributed by atoms with E-state index in [0.717, 1.165) is 21.5 Å². The number of rotatable bonds is 4. The molecular weight excluding hydrogens is 392 g/mol. The van der Waals surface area contributed by atoms with Crippen molar-refractivity contribution in [3.63, 3.8) is 0 Å². The van der Waals surface area contributed by atoms with Crippen LogP contribution in [0.2, 0.25) is 0 Å². The molecule has 3 aromatic heterocycles. The van der Waals surface area contributed by atoms with Crippen LogP contribution in [0.25, 0.3) is 21.5 Å². The fourth-order valence-corrected chi connectivity index (χ4v) is 4.50. The number of ether oxygens (including phenoxy) is 1. The molecule has 0 saturated heterocycles. The van der Waals surface area contributed by atoms with Crippen LogP contribution in [-0.4, -0.2) is 24.0 Å². The molecule has 0 unspecified atom stereocenters. The van der Waals surface area contributed by atoms with E-state index in [0.29, 0.717) is 16.1 Å². The lowest BCUT2D eigenvalue weighted by atomic mass is 10.1. The maximum Gasteiger partial charge on any atom is 0.350 e. The molecule has 0 aliphatic carbocycles. The van der Waals surface area contributed by atoms with E-state index >= 15 is 0 Å². The number of amides is 1. The molecule has 0 radical (unpaired) electrons.